The number of nitrogens with zero attached hydrogens (tertiary/aromatic N) is 1. The Balaban J connectivity index is 2.21. The van der Waals surface area contributed by atoms with Gasteiger partial charge in [0.25, 0.3) is 0 Å². The van der Waals surface area contributed by atoms with Crippen molar-refractivity contribution >= 4 is 39.7 Å². The monoisotopic (exact) mass is 296 g/mol. The maximum absolute atomic E-state index is 10.7. The number of aliphatic carboxylic acids is 1. The third-order valence-electron chi connectivity index (χ3n) is 2.63. The molecule has 1 aromatic heterocycles. The molecule has 0 unspecified atom stereocenters. The molecule has 0 spiro atoms. The summed E-state index contributed by atoms with van der Waals surface area (Å²) in [4.78, 5) is 15.8. The van der Waals surface area contributed by atoms with Crippen LogP contribution in [-0.4, -0.2) is 16.1 Å². The van der Waals surface area contributed by atoms with Gasteiger partial charge in [-0.05, 0) is 37.6 Å². The third-order valence-corrected chi connectivity index (χ3v) is 3.94. The second-order valence-electron chi connectivity index (χ2n) is 4.18. The van der Waals surface area contributed by atoms with E-state index in [0.29, 0.717) is 10.2 Å². The van der Waals surface area contributed by atoms with E-state index in [1.165, 1.54) is 11.3 Å². The van der Waals surface area contributed by atoms with Gasteiger partial charge in [0.2, 0.25) is 0 Å². The first-order valence-electron chi connectivity index (χ1n) is 5.67. The Kier molecular flexibility index (Phi) is 4.07. The fourth-order valence-electron chi connectivity index (χ4n) is 1.67. The van der Waals surface area contributed by atoms with E-state index in [4.69, 9.17) is 16.7 Å². The number of carbonyl (C=O) groups is 1. The van der Waals surface area contributed by atoms with Gasteiger partial charge in [0.15, 0.2) is 5.13 Å². The van der Waals surface area contributed by atoms with Gasteiger partial charge in [-0.2, -0.15) is 0 Å². The van der Waals surface area contributed by atoms with Crippen molar-refractivity contribution in [3.05, 3.63) is 39.4 Å². The minimum absolute atomic E-state index is 0.00474. The molecule has 6 heteroatoms. The van der Waals surface area contributed by atoms with Crippen LogP contribution in [0.15, 0.2) is 18.2 Å². The van der Waals surface area contributed by atoms with Crippen LogP contribution in [0.2, 0.25) is 5.02 Å². The first-order valence-corrected chi connectivity index (χ1v) is 6.86. The molecule has 2 rings (SSSR count). The maximum atomic E-state index is 10.7. The minimum Gasteiger partial charge on any atom is -0.481 e. The molecule has 1 heterocycles. The number of thiazole rings is 1. The smallest absolute Gasteiger partial charge is 0.308 e. The van der Waals surface area contributed by atoms with Crippen LogP contribution in [0.3, 0.4) is 0 Å². The van der Waals surface area contributed by atoms with Crippen molar-refractivity contribution in [3.63, 3.8) is 0 Å². The van der Waals surface area contributed by atoms with Gasteiger partial charge < -0.3 is 10.4 Å². The summed E-state index contributed by atoms with van der Waals surface area (Å²) in [7, 11) is 0. The van der Waals surface area contributed by atoms with E-state index in [2.05, 4.69) is 10.3 Å². The molecule has 0 aliphatic rings. The Hall–Kier alpha value is -1.59. The fourth-order valence-corrected chi connectivity index (χ4v) is 2.86. The summed E-state index contributed by atoms with van der Waals surface area (Å²) in [5, 5.41) is 13.4. The van der Waals surface area contributed by atoms with Crippen molar-refractivity contribution < 1.29 is 9.90 Å². The highest BCUT2D eigenvalue weighted by Gasteiger charge is 2.11. The fraction of sp³-hybridized carbons (Fsp3) is 0.231. The SMILES string of the molecule is Cc1cc(Cl)ccc1Nc1nc(C)c(CC(=O)O)s1. The van der Waals surface area contributed by atoms with Gasteiger partial charge in [0.1, 0.15) is 0 Å². The number of rotatable bonds is 4. The van der Waals surface area contributed by atoms with Crippen LogP contribution < -0.4 is 5.32 Å². The zero-order valence-electron chi connectivity index (χ0n) is 10.5. The summed E-state index contributed by atoms with van der Waals surface area (Å²) in [5.74, 6) is -0.846. The quantitative estimate of drug-likeness (QED) is 0.901. The molecule has 0 amide bonds. The topological polar surface area (TPSA) is 62.2 Å². The highest BCUT2D eigenvalue weighted by Crippen LogP contribution is 2.28. The molecule has 4 nitrogen and oxygen atoms in total. The molecule has 100 valence electrons. The highest BCUT2D eigenvalue weighted by atomic mass is 35.5. The van der Waals surface area contributed by atoms with Crippen LogP contribution in [0.25, 0.3) is 0 Å². The molecular formula is C13H13ClN2O2S. The molecule has 0 aliphatic carbocycles. The number of halogens is 1. The number of benzene rings is 1. The van der Waals surface area contributed by atoms with Gasteiger partial charge in [0, 0.05) is 15.6 Å². The summed E-state index contributed by atoms with van der Waals surface area (Å²) in [6.07, 6.45) is 0.00474. The van der Waals surface area contributed by atoms with Crippen molar-refractivity contribution in [3.8, 4) is 0 Å². The molecule has 0 radical (unpaired) electrons. The van der Waals surface area contributed by atoms with E-state index in [-0.39, 0.29) is 6.42 Å². The Morgan fingerprint density at radius 3 is 2.84 bits per heavy atom. The van der Waals surface area contributed by atoms with E-state index < -0.39 is 5.97 Å². The average Bonchev–Trinajstić information content (AvgIpc) is 2.62. The van der Waals surface area contributed by atoms with Crippen LogP contribution in [-0.2, 0) is 11.2 Å². The predicted octanol–water partition coefficient (Wildman–Crippen LogP) is 3.78. The zero-order chi connectivity index (χ0) is 14.0. The molecule has 0 atom stereocenters. The van der Waals surface area contributed by atoms with E-state index in [1.807, 2.05) is 26.0 Å². The van der Waals surface area contributed by atoms with Gasteiger partial charge in [-0.25, -0.2) is 4.98 Å². The van der Waals surface area contributed by atoms with Crippen molar-refractivity contribution in [2.45, 2.75) is 20.3 Å². The Bertz CT molecular complexity index is 625. The number of hydrogen-bond acceptors (Lipinski definition) is 4. The van der Waals surface area contributed by atoms with Crippen LogP contribution in [0.1, 0.15) is 16.1 Å². The van der Waals surface area contributed by atoms with Crippen molar-refractivity contribution in [2.75, 3.05) is 5.32 Å². The maximum Gasteiger partial charge on any atom is 0.308 e. The van der Waals surface area contributed by atoms with Crippen molar-refractivity contribution in [2.24, 2.45) is 0 Å². The molecule has 0 aliphatic heterocycles. The van der Waals surface area contributed by atoms with E-state index >= 15 is 0 Å². The van der Waals surface area contributed by atoms with Crippen molar-refractivity contribution in [1.82, 2.24) is 4.98 Å². The molecule has 0 saturated heterocycles. The van der Waals surface area contributed by atoms with E-state index in [1.54, 1.807) is 6.07 Å². The summed E-state index contributed by atoms with van der Waals surface area (Å²) in [6.45, 7) is 3.77. The number of nitrogens with one attached hydrogen (secondary N) is 1. The van der Waals surface area contributed by atoms with Crippen LogP contribution in [0.5, 0.6) is 0 Å². The Morgan fingerprint density at radius 1 is 1.47 bits per heavy atom. The summed E-state index contributed by atoms with van der Waals surface area (Å²) in [5.41, 5.74) is 2.68. The minimum atomic E-state index is -0.846. The normalized spacial score (nSPS) is 10.5. The number of aromatic nitrogens is 1. The van der Waals surface area contributed by atoms with Gasteiger partial charge in [0.05, 0.1) is 12.1 Å². The van der Waals surface area contributed by atoms with Gasteiger partial charge in [-0.1, -0.05) is 11.6 Å². The standard InChI is InChI=1S/C13H13ClN2O2S/c1-7-5-9(14)3-4-10(7)16-13-15-8(2)11(19-13)6-12(17)18/h3-5H,6H2,1-2H3,(H,15,16)(H,17,18). The Labute approximate surface area is 120 Å². The molecule has 0 fully saturated rings. The highest BCUT2D eigenvalue weighted by molar-refractivity contribution is 7.15. The van der Waals surface area contributed by atoms with E-state index in [9.17, 15) is 4.79 Å². The first-order chi connectivity index (χ1) is 8.95. The van der Waals surface area contributed by atoms with E-state index in [0.717, 1.165) is 21.8 Å². The first kappa shape index (κ1) is 13.8. The molecule has 19 heavy (non-hydrogen) atoms. The average molecular weight is 297 g/mol. The summed E-state index contributed by atoms with van der Waals surface area (Å²) < 4.78 is 0. The number of carboxylic acid groups (broad SMARTS) is 1. The second kappa shape index (κ2) is 5.59. The number of hydrogen-bond donors (Lipinski definition) is 2. The summed E-state index contributed by atoms with van der Waals surface area (Å²) >= 11 is 7.26. The van der Waals surface area contributed by atoms with Gasteiger partial charge in [-0.15, -0.1) is 11.3 Å². The number of carboxylic acids is 1. The van der Waals surface area contributed by atoms with Crippen LogP contribution in [0.4, 0.5) is 10.8 Å². The lowest BCUT2D eigenvalue weighted by Crippen LogP contribution is -1.99. The predicted molar refractivity (Wildman–Crippen MR) is 77.7 cm³/mol. The zero-order valence-corrected chi connectivity index (χ0v) is 12.1. The van der Waals surface area contributed by atoms with Gasteiger partial charge in [-0.3, -0.25) is 4.79 Å². The van der Waals surface area contributed by atoms with Crippen molar-refractivity contribution in [1.29, 1.82) is 0 Å². The lowest BCUT2D eigenvalue weighted by atomic mass is 10.2. The molecule has 1 aromatic carbocycles. The molecule has 2 N–H and O–H groups in total. The third kappa shape index (κ3) is 3.45. The largest absolute Gasteiger partial charge is 0.481 e. The van der Waals surface area contributed by atoms with Crippen LogP contribution >= 0.6 is 22.9 Å². The lowest BCUT2D eigenvalue weighted by molar-refractivity contribution is -0.136. The number of anilines is 2. The Morgan fingerprint density at radius 2 is 2.21 bits per heavy atom. The van der Waals surface area contributed by atoms with Gasteiger partial charge >= 0.3 is 5.97 Å². The summed E-state index contributed by atoms with van der Waals surface area (Å²) in [6, 6.07) is 5.54. The van der Waals surface area contributed by atoms with Crippen LogP contribution in [0, 0.1) is 13.8 Å². The molecule has 2 aromatic rings. The molecule has 0 saturated carbocycles. The second-order valence-corrected chi connectivity index (χ2v) is 5.70. The molecular weight excluding hydrogens is 284 g/mol. The molecule has 0 bridgehead atoms. The number of aryl methyl sites for hydroxylation is 2. The lowest BCUT2D eigenvalue weighted by Gasteiger charge is -2.06.